The molecular formula is C39H45N3O6. The van der Waals surface area contributed by atoms with Gasteiger partial charge < -0.3 is 19.9 Å². The lowest BCUT2D eigenvalue weighted by atomic mass is 9.98. The summed E-state index contributed by atoms with van der Waals surface area (Å²) in [5, 5.41) is 21.1. The van der Waals surface area contributed by atoms with Crippen LogP contribution in [0.4, 0.5) is 0 Å². The van der Waals surface area contributed by atoms with Crippen molar-refractivity contribution in [1.82, 2.24) is 15.7 Å². The van der Waals surface area contributed by atoms with E-state index < -0.39 is 12.2 Å². The van der Waals surface area contributed by atoms with Gasteiger partial charge in [-0.25, -0.2) is 5.48 Å². The number of amides is 2. The molecule has 252 valence electrons. The molecule has 1 saturated heterocycles. The zero-order chi connectivity index (χ0) is 33.7. The van der Waals surface area contributed by atoms with Gasteiger partial charge in [-0.1, -0.05) is 91.0 Å². The van der Waals surface area contributed by atoms with Crippen molar-refractivity contribution < 1.29 is 29.4 Å². The monoisotopic (exact) mass is 651 g/mol. The summed E-state index contributed by atoms with van der Waals surface area (Å²) in [6.07, 6.45) is 1.50. The quantitative estimate of drug-likeness (QED) is 0.0686. The maximum absolute atomic E-state index is 12.3. The van der Waals surface area contributed by atoms with Gasteiger partial charge in [0.1, 0.15) is 0 Å². The molecule has 48 heavy (non-hydrogen) atoms. The highest BCUT2D eigenvalue weighted by Gasteiger charge is 2.33. The molecule has 4 aromatic rings. The normalized spacial score (nSPS) is 17.6. The Morgan fingerprint density at radius 2 is 1.46 bits per heavy atom. The Hall–Kier alpha value is -4.38. The second-order valence-electron chi connectivity index (χ2n) is 12.4. The molecule has 9 nitrogen and oxygen atoms in total. The van der Waals surface area contributed by atoms with Crippen molar-refractivity contribution in [3.05, 3.63) is 131 Å². The number of rotatable bonds is 15. The number of benzene rings is 4. The zero-order valence-electron chi connectivity index (χ0n) is 27.4. The number of carbonyl (C=O) groups excluding carboxylic acids is 2. The Morgan fingerprint density at radius 3 is 2.19 bits per heavy atom. The second-order valence-corrected chi connectivity index (χ2v) is 12.4. The number of hydrogen-bond donors (Lipinski definition) is 4. The largest absolute Gasteiger partial charge is 0.392 e. The summed E-state index contributed by atoms with van der Waals surface area (Å²) >= 11 is 0. The standard InChI is InChI=1S/C39H45N3O6/c1-42(25-28-9-3-2-4-10-28)26-35-23-36(31-19-17-29(27-43)18-20-31)48-39(47-35)34-14-8-13-33(22-34)32-12-7-11-30(21-32)24-40-37(44)15-5-6-16-38(45)41-46/h2-4,7-14,17-22,35-36,39,43,46H,5-6,15-16,23-27H2,1H3,(H,40,44)(H,41,45). The highest BCUT2D eigenvalue weighted by atomic mass is 16.7. The van der Waals surface area contributed by atoms with Crippen molar-refractivity contribution in [1.29, 1.82) is 0 Å². The lowest BCUT2D eigenvalue weighted by Gasteiger charge is -2.38. The first-order valence-electron chi connectivity index (χ1n) is 16.5. The fraction of sp³-hybridized carbons (Fsp3) is 0.333. The third kappa shape index (κ3) is 10.3. The molecule has 1 aliphatic rings. The number of aliphatic hydroxyl groups is 1. The molecule has 0 aliphatic carbocycles. The van der Waals surface area contributed by atoms with Gasteiger partial charge >= 0.3 is 0 Å². The van der Waals surface area contributed by atoms with Crippen LogP contribution >= 0.6 is 0 Å². The van der Waals surface area contributed by atoms with Gasteiger partial charge in [0, 0.05) is 44.5 Å². The summed E-state index contributed by atoms with van der Waals surface area (Å²) in [4.78, 5) is 25.8. The number of unbranched alkanes of at least 4 members (excludes halogenated alkanes) is 1. The molecule has 0 radical (unpaired) electrons. The average Bonchev–Trinajstić information content (AvgIpc) is 3.13. The van der Waals surface area contributed by atoms with Crippen molar-refractivity contribution >= 4 is 11.8 Å². The third-order valence-electron chi connectivity index (χ3n) is 8.52. The molecule has 1 fully saturated rings. The number of nitrogens with one attached hydrogen (secondary N) is 2. The van der Waals surface area contributed by atoms with Gasteiger partial charge in [-0.2, -0.15) is 0 Å². The van der Waals surface area contributed by atoms with Crippen LogP contribution in [0.25, 0.3) is 11.1 Å². The number of nitrogens with zero attached hydrogens (tertiary/aromatic N) is 1. The fourth-order valence-electron chi connectivity index (χ4n) is 5.98. The van der Waals surface area contributed by atoms with Crippen molar-refractivity contribution in [3.8, 4) is 11.1 Å². The molecule has 1 aliphatic heterocycles. The van der Waals surface area contributed by atoms with E-state index in [0.29, 0.717) is 32.2 Å². The van der Waals surface area contributed by atoms with E-state index in [0.717, 1.165) is 46.5 Å². The lowest BCUT2D eigenvalue weighted by molar-refractivity contribution is -0.252. The predicted molar refractivity (Wildman–Crippen MR) is 183 cm³/mol. The van der Waals surface area contributed by atoms with Crippen LogP contribution < -0.4 is 10.8 Å². The molecular weight excluding hydrogens is 606 g/mol. The summed E-state index contributed by atoms with van der Waals surface area (Å²) in [6, 6.07) is 34.6. The van der Waals surface area contributed by atoms with Crippen LogP contribution in [0.1, 0.15) is 72.3 Å². The number of aliphatic hydroxyl groups excluding tert-OH is 1. The molecule has 0 aromatic heterocycles. The van der Waals surface area contributed by atoms with Crippen LogP contribution in [0, 0.1) is 0 Å². The minimum atomic E-state index is -0.567. The molecule has 0 saturated carbocycles. The Balaban J connectivity index is 1.27. The first-order chi connectivity index (χ1) is 23.4. The van der Waals surface area contributed by atoms with Crippen molar-refractivity contribution in [2.75, 3.05) is 13.6 Å². The smallest absolute Gasteiger partial charge is 0.243 e. The fourth-order valence-corrected chi connectivity index (χ4v) is 5.98. The van der Waals surface area contributed by atoms with Gasteiger partial charge in [-0.05, 0) is 65.4 Å². The Labute approximate surface area is 282 Å². The minimum absolute atomic E-state index is 0.00179. The Kier molecular flexibility index (Phi) is 12.9. The van der Waals surface area contributed by atoms with Crippen molar-refractivity contribution in [2.45, 2.75) is 70.3 Å². The van der Waals surface area contributed by atoms with E-state index in [-0.39, 0.29) is 31.1 Å². The molecule has 1 heterocycles. The molecule has 0 bridgehead atoms. The first kappa shape index (κ1) is 34.9. The predicted octanol–water partition coefficient (Wildman–Crippen LogP) is 6.21. The van der Waals surface area contributed by atoms with Gasteiger partial charge in [0.05, 0.1) is 18.8 Å². The van der Waals surface area contributed by atoms with Gasteiger partial charge in [0.2, 0.25) is 11.8 Å². The lowest BCUT2D eigenvalue weighted by Crippen LogP contribution is -2.37. The summed E-state index contributed by atoms with van der Waals surface area (Å²) in [6.45, 7) is 1.95. The van der Waals surface area contributed by atoms with E-state index in [1.165, 1.54) is 5.56 Å². The Bertz CT molecular complexity index is 1610. The maximum Gasteiger partial charge on any atom is 0.243 e. The maximum atomic E-state index is 12.3. The molecule has 9 heteroatoms. The summed E-state index contributed by atoms with van der Waals surface area (Å²) < 4.78 is 13.2. The molecule has 4 aromatic carbocycles. The van der Waals surface area contributed by atoms with Crippen LogP contribution in [-0.2, 0) is 38.8 Å². The van der Waals surface area contributed by atoms with E-state index >= 15 is 0 Å². The number of hydrogen-bond acceptors (Lipinski definition) is 7. The van der Waals surface area contributed by atoms with Gasteiger partial charge in [-0.3, -0.25) is 19.7 Å². The summed E-state index contributed by atoms with van der Waals surface area (Å²) in [5.74, 6) is -0.527. The molecule has 3 unspecified atom stereocenters. The number of carbonyl (C=O) groups is 2. The highest BCUT2D eigenvalue weighted by molar-refractivity contribution is 5.76. The van der Waals surface area contributed by atoms with Crippen LogP contribution in [0.3, 0.4) is 0 Å². The third-order valence-corrected chi connectivity index (χ3v) is 8.52. The van der Waals surface area contributed by atoms with E-state index in [4.69, 9.17) is 14.7 Å². The molecule has 3 atom stereocenters. The zero-order valence-corrected chi connectivity index (χ0v) is 27.4. The van der Waals surface area contributed by atoms with Crippen molar-refractivity contribution in [3.63, 3.8) is 0 Å². The van der Waals surface area contributed by atoms with E-state index in [9.17, 15) is 14.7 Å². The topological polar surface area (TPSA) is 120 Å². The average molecular weight is 652 g/mol. The highest BCUT2D eigenvalue weighted by Crippen LogP contribution is 2.39. The number of likely N-dealkylation sites (N-methyl/N-ethyl adjacent to an activating group) is 1. The van der Waals surface area contributed by atoms with Crippen LogP contribution in [0.5, 0.6) is 0 Å². The summed E-state index contributed by atoms with van der Waals surface area (Å²) in [7, 11) is 2.11. The number of hydroxylamine groups is 1. The van der Waals surface area contributed by atoms with Crippen molar-refractivity contribution in [2.24, 2.45) is 0 Å². The second kappa shape index (κ2) is 17.7. The van der Waals surface area contributed by atoms with E-state index in [1.807, 2.05) is 60.7 Å². The molecule has 4 N–H and O–H groups in total. The van der Waals surface area contributed by atoms with Crippen LogP contribution in [0.15, 0.2) is 103 Å². The van der Waals surface area contributed by atoms with Gasteiger partial charge in [0.15, 0.2) is 6.29 Å². The molecule has 5 rings (SSSR count). The Morgan fingerprint density at radius 1 is 0.771 bits per heavy atom. The van der Waals surface area contributed by atoms with Gasteiger partial charge in [-0.15, -0.1) is 0 Å². The summed E-state index contributed by atoms with van der Waals surface area (Å²) in [5.41, 5.74) is 8.71. The van der Waals surface area contributed by atoms with Crippen LogP contribution in [0.2, 0.25) is 0 Å². The molecule has 2 amide bonds. The van der Waals surface area contributed by atoms with Crippen LogP contribution in [-0.4, -0.2) is 46.7 Å². The van der Waals surface area contributed by atoms with E-state index in [1.54, 1.807) is 5.48 Å². The first-order valence-corrected chi connectivity index (χ1v) is 16.5. The number of ether oxygens (including phenoxy) is 2. The SMILES string of the molecule is CN(Cc1ccccc1)CC1CC(c2ccc(CO)cc2)OC(c2cccc(-c3cccc(CNC(=O)CCCCC(=O)NO)c3)c2)O1. The minimum Gasteiger partial charge on any atom is -0.392 e. The van der Waals surface area contributed by atoms with Gasteiger partial charge in [0.25, 0.3) is 0 Å². The molecule has 0 spiro atoms. The van der Waals surface area contributed by atoms with E-state index in [2.05, 4.69) is 59.7 Å².